The van der Waals surface area contributed by atoms with Gasteiger partial charge in [-0.2, -0.15) is 0 Å². The Hall–Kier alpha value is -3.01. The SMILES string of the molecule is CCCCN(Cc1cccn1Cc1ccccc1)C(=O)NCc1ccccc1. The second-order valence-electron chi connectivity index (χ2n) is 7.03. The molecule has 0 atom stereocenters. The van der Waals surface area contributed by atoms with Crippen molar-refractivity contribution in [3.8, 4) is 0 Å². The third-order valence-corrected chi connectivity index (χ3v) is 4.83. The fourth-order valence-electron chi connectivity index (χ4n) is 3.21. The fourth-order valence-corrected chi connectivity index (χ4v) is 3.21. The number of carbonyl (C=O) groups excluding carboxylic acids is 1. The summed E-state index contributed by atoms with van der Waals surface area (Å²) in [5.74, 6) is 0. The molecule has 0 aliphatic heterocycles. The van der Waals surface area contributed by atoms with E-state index in [0.717, 1.165) is 37.2 Å². The molecule has 2 aromatic carbocycles. The van der Waals surface area contributed by atoms with E-state index in [0.29, 0.717) is 13.1 Å². The number of benzene rings is 2. The van der Waals surface area contributed by atoms with Crippen molar-refractivity contribution in [1.82, 2.24) is 14.8 Å². The van der Waals surface area contributed by atoms with Crippen LogP contribution >= 0.6 is 0 Å². The minimum absolute atomic E-state index is 0.00948. The van der Waals surface area contributed by atoms with E-state index >= 15 is 0 Å². The Kier molecular flexibility index (Phi) is 7.30. The van der Waals surface area contributed by atoms with Crippen LogP contribution in [0, 0.1) is 0 Å². The summed E-state index contributed by atoms with van der Waals surface area (Å²) < 4.78 is 2.22. The number of hydrogen-bond donors (Lipinski definition) is 1. The molecule has 0 radical (unpaired) electrons. The lowest BCUT2D eigenvalue weighted by molar-refractivity contribution is 0.192. The molecule has 3 rings (SSSR count). The Morgan fingerprint density at radius 1 is 0.929 bits per heavy atom. The van der Waals surface area contributed by atoms with E-state index in [1.165, 1.54) is 5.56 Å². The first-order valence-electron chi connectivity index (χ1n) is 10.0. The summed E-state index contributed by atoms with van der Waals surface area (Å²) in [7, 11) is 0. The third kappa shape index (κ3) is 5.74. The van der Waals surface area contributed by atoms with Crippen LogP contribution in [-0.4, -0.2) is 22.0 Å². The lowest BCUT2D eigenvalue weighted by Gasteiger charge is -2.24. The van der Waals surface area contributed by atoms with Gasteiger partial charge in [0.25, 0.3) is 0 Å². The maximum absolute atomic E-state index is 12.8. The van der Waals surface area contributed by atoms with Crippen molar-refractivity contribution in [2.24, 2.45) is 0 Å². The number of rotatable bonds is 9. The Bertz CT molecular complexity index is 843. The maximum Gasteiger partial charge on any atom is 0.318 e. The van der Waals surface area contributed by atoms with Gasteiger partial charge in [0.2, 0.25) is 0 Å². The van der Waals surface area contributed by atoms with Crippen LogP contribution < -0.4 is 5.32 Å². The molecular weight excluding hydrogens is 346 g/mol. The molecule has 4 heteroatoms. The van der Waals surface area contributed by atoms with Crippen molar-refractivity contribution in [3.63, 3.8) is 0 Å². The summed E-state index contributed by atoms with van der Waals surface area (Å²) in [5, 5.41) is 3.07. The van der Waals surface area contributed by atoms with E-state index < -0.39 is 0 Å². The normalized spacial score (nSPS) is 10.6. The van der Waals surface area contributed by atoms with Crippen LogP contribution in [0.25, 0.3) is 0 Å². The highest BCUT2D eigenvalue weighted by molar-refractivity contribution is 5.74. The summed E-state index contributed by atoms with van der Waals surface area (Å²) in [4.78, 5) is 14.7. The van der Waals surface area contributed by atoms with Crippen LogP contribution in [0.3, 0.4) is 0 Å². The van der Waals surface area contributed by atoms with E-state index in [-0.39, 0.29) is 6.03 Å². The molecule has 1 aromatic heterocycles. The van der Waals surface area contributed by atoms with E-state index in [9.17, 15) is 4.79 Å². The van der Waals surface area contributed by atoms with Crippen LogP contribution in [0.1, 0.15) is 36.6 Å². The summed E-state index contributed by atoms with van der Waals surface area (Å²) in [6.45, 7) is 4.88. The molecule has 146 valence electrons. The standard InChI is InChI=1S/C24H29N3O/c1-2-3-16-27(24(28)25-18-21-11-6-4-7-12-21)20-23-15-10-17-26(23)19-22-13-8-5-9-14-22/h4-15,17H,2-3,16,18-20H2,1H3,(H,25,28). The van der Waals surface area contributed by atoms with Crippen LogP contribution in [-0.2, 0) is 19.6 Å². The van der Waals surface area contributed by atoms with Gasteiger partial charge < -0.3 is 14.8 Å². The van der Waals surface area contributed by atoms with Gasteiger partial charge >= 0.3 is 6.03 Å². The molecule has 0 bridgehead atoms. The highest BCUT2D eigenvalue weighted by atomic mass is 16.2. The average Bonchev–Trinajstić information content (AvgIpc) is 3.17. The molecule has 0 aliphatic carbocycles. The Labute approximate surface area is 167 Å². The molecule has 0 fully saturated rings. The van der Waals surface area contributed by atoms with Gasteiger partial charge in [0.1, 0.15) is 0 Å². The molecule has 28 heavy (non-hydrogen) atoms. The number of urea groups is 1. The zero-order valence-corrected chi connectivity index (χ0v) is 16.6. The highest BCUT2D eigenvalue weighted by Gasteiger charge is 2.15. The predicted molar refractivity (Wildman–Crippen MR) is 114 cm³/mol. The number of nitrogens with one attached hydrogen (secondary N) is 1. The number of amides is 2. The Morgan fingerprint density at radius 2 is 1.61 bits per heavy atom. The van der Waals surface area contributed by atoms with E-state index in [1.54, 1.807) is 0 Å². The summed E-state index contributed by atoms with van der Waals surface area (Å²) >= 11 is 0. The minimum Gasteiger partial charge on any atom is -0.345 e. The van der Waals surface area contributed by atoms with Crippen molar-refractivity contribution in [1.29, 1.82) is 0 Å². The second-order valence-corrected chi connectivity index (χ2v) is 7.03. The lowest BCUT2D eigenvalue weighted by Crippen LogP contribution is -2.40. The van der Waals surface area contributed by atoms with Crippen LogP contribution in [0.5, 0.6) is 0 Å². The minimum atomic E-state index is -0.00948. The monoisotopic (exact) mass is 375 g/mol. The Balaban J connectivity index is 1.65. The van der Waals surface area contributed by atoms with Gasteiger partial charge in [-0.05, 0) is 29.7 Å². The molecule has 0 unspecified atom stereocenters. The zero-order valence-electron chi connectivity index (χ0n) is 16.6. The molecule has 0 saturated heterocycles. The topological polar surface area (TPSA) is 37.3 Å². The van der Waals surface area contributed by atoms with Crippen molar-refractivity contribution in [3.05, 3.63) is 95.8 Å². The number of unbranched alkanes of at least 4 members (excludes halogenated alkanes) is 1. The summed E-state index contributed by atoms with van der Waals surface area (Å²) in [6, 6.07) is 24.6. The Morgan fingerprint density at radius 3 is 2.29 bits per heavy atom. The molecule has 1 heterocycles. The first-order valence-corrected chi connectivity index (χ1v) is 10.0. The summed E-state index contributed by atoms with van der Waals surface area (Å²) in [5.41, 5.74) is 3.52. The van der Waals surface area contributed by atoms with Crippen molar-refractivity contribution in [2.45, 2.75) is 39.4 Å². The zero-order chi connectivity index (χ0) is 19.6. The van der Waals surface area contributed by atoms with Gasteiger partial charge in [0.15, 0.2) is 0 Å². The van der Waals surface area contributed by atoms with Crippen molar-refractivity contribution in [2.75, 3.05) is 6.54 Å². The second kappa shape index (κ2) is 10.4. The van der Waals surface area contributed by atoms with Crippen LogP contribution in [0.2, 0.25) is 0 Å². The fraction of sp³-hybridized carbons (Fsp3) is 0.292. The molecule has 2 amide bonds. The van der Waals surface area contributed by atoms with Gasteiger partial charge in [0.05, 0.1) is 6.54 Å². The van der Waals surface area contributed by atoms with Crippen molar-refractivity contribution < 1.29 is 4.79 Å². The van der Waals surface area contributed by atoms with Crippen molar-refractivity contribution >= 4 is 6.03 Å². The van der Waals surface area contributed by atoms with E-state index in [4.69, 9.17) is 0 Å². The quantitative estimate of drug-likeness (QED) is 0.558. The smallest absolute Gasteiger partial charge is 0.318 e. The van der Waals surface area contributed by atoms with Crippen LogP contribution in [0.4, 0.5) is 4.79 Å². The predicted octanol–water partition coefficient (Wildman–Crippen LogP) is 5.05. The summed E-state index contributed by atoms with van der Waals surface area (Å²) in [6.07, 6.45) is 4.15. The van der Waals surface area contributed by atoms with E-state index in [1.807, 2.05) is 41.3 Å². The van der Waals surface area contributed by atoms with Gasteiger partial charge in [-0.15, -0.1) is 0 Å². The molecule has 0 spiro atoms. The van der Waals surface area contributed by atoms with Crippen LogP contribution in [0.15, 0.2) is 79.0 Å². The number of nitrogens with zero attached hydrogens (tertiary/aromatic N) is 2. The molecule has 1 N–H and O–H groups in total. The molecule has 0 saturated carbocycles. The molecule has 0 aliphatic rings. The molecule has 4 nitrogen and oxygen atoms in total. The first-order chi connectivity index (χ1) is 13.8. The largest absolute Gasteiger partial charge is 0.345 e. The lowest BCUT2D eigenvalue weighted by atomic mass is 10.2. The molecular formula is C24H29N3O. The number of hydrogen-bond acceptors (Lipinski definition) is 1. The van der Waals surface area contributed by atoms with Gasteiger partial charge in [-0.25, -0.2) is 4.79 Å². The third-order valence-electron chi connectivity index (χ3n) is 4.83. The number of carbonyl (C=O) groups is 1. The van der Waals surface area contributed by atoms with Gasteiger partial charge in [-0.1, -0.05) is 74.0 Å². The van der Waals surface area contributed by atoms with Gasteiger partial charge in [-0.3, -0.25) is 0 Å². The molecule has 3 aromatic rings. The van der Waals surface area contributed by atoms with E-state index in [2.05, 4.69) is 59.4 Å². The number of aromatic nitrogens is 1. The highest BCUT2D eigenvalue weighted by Crippen LogP contribution is 2.12. The average molecular weight is 376 g/mol. The first kappa shape index (κ1) is 19.7. The maximum atomic E-state index is 12.8. The van der Waals surface area contributed by atoms with Gasteiger partial charge in [0, 0.05) is 31.5 Å².